The molecule has 0 saturated heterocycles. The SMILES string of the molecule is CCCCCC/C=C/CCCCCCCCCC(=O)OC[C@H](COP(=O)([O-])OCC[N+](C)(C)C)OC(=O)CCCCCCCCCCCCCCCCCC. The number of rotatable bonds is 42. The number of hydrogen-bond acceptors (Lipinski definition) is 8. The molecule has 1 unspecified atom stereocenters. The van der Waals surface area contributed by atoms with Crippen molar-refractivity contribution in [2.24, 2.45) is 0 Å². The summed E-state index contributed by atoms with van der Waals surface area (Å²) in [5, 5.41) is 0. The maximum absolute atomic E-state index is 12.7. The highest BCUT2D eigenvalue weighted by Crippen LogP contribution is 2.38. The summed E-state index contributed by atoms with van der Waals surface area (Å²) in [6.45, 7) is 4.24. The number of esters is 2. The van der Waals surface area contributed by atoms with Crippen molar-refractivity contribution in [3.63, 3.8) is 0 Å². The van der Waals surface area contributed by atoms with Gasteiger partial charge in [-0.2, -0.15) is 0 Å². The van der Waals surface area contributed by atoms with E-state index in [2.05, 4.69) is 26.0 Å². The van der Waals surface area contributed by atoms with E-state index >= 15 is 0 Å². The van der Waals surface area contributed by atoms with Crippen LogP contribution in [0.5, 0.6) is 0 Å². The molecule has 0 heterocycles. The van der Waals surface area contributed by atoms with Crippen LogP contribution in [0.25, 0.3) is 0 Å². The maximum atomic E-state index is 12.7. The van der Waals surface area contributed by atoms with E-state index in [1.54, 1.807) is 0 Å². The molecule has 326 valence electrons. The van der Waals surface area contributed by atoms with Crippen LogP contribution in [-0.2, 0) is 32.7 Å². The molecule has 0 N–H and O–H groups in total. The number of quaternary nitrogens is 1. The number of unbranched alkanes of at least 4 members (excludes halogenated alkanes) is 26. The molecular formula is C45H88NO8P. The van der Waals surface area contributed by atoms with Crippen LogP contribution in [0, 0.1) is 0 Å². The molecule has 0 radical (unpaired) electrons. The van der Waals surface area contributed by atoms with Crippen LogP contribution in [0.1, 0.15) is 213 Å². The summed E-state index contributed by atoms with van der Waals surface area (Å²) in [6, 6.07) is 0. The summed E-state index contributed by atoms with van der Waals surface area (Å²) < 4.78 is 33.9. The quantitative estimate of drug-likeness (QED) is 0.0197. The fraction of sp³-hybridized carbons (Fsp3) is 0.911. The fourth-order valence-corrected chi connectivity index (χ4v) is 7.14. The molecule has 0 saturated carbocycles. The van der Waals surface area contributed by atoms with Crippen molar-refractivity contribution < 1.29 is 42.1 Å². The summed E-state index contributed by atoms with van der Waals surface area (Å²) >= 11 is 0. The minimum atomic E-state index is -4.62. The molecule has 0 aliphatic heterocycles. The van der Waals surface area contributed by atoms with Gasteiger partial charge in [-0.05, 0) is 38.5 Å². The van der Waals surface area contributed by atoms with Crippen molar-refractivity contribution in [1.29, 1.82) is 0 Å². The van der Waals surface area contributed by atoms with Gasteiger partial charge in [0.2, 0.25) is 0 Å². The van der Waals surface area contributed by atoms with Crippen LogP contribution in [-0.4, -0.2) is 70.0 Å². The summed E-state index contributed by atoms with van der Waals surface area (Å²) in [4.78, 5) is 37.5. The van der Waals surface area contributed by atoms with Crippen molar-refractivity contribution >= 4 is 19.8 Å². The Labute approximate surface area is 339 Å². The molecular weight excluding hydrogens is 713 g/mol. The largest absolute Gasteiger partial charge is 0.756 e. The first-order valence-corrected chi connectivity index (χ1v) is 24.4. The first kappa shape index (κ1) is 53.8. The number of carbonyl (C=O) groups excluding carboxylic acids is 2. The Hall–Kier alpha value is -1.25. The smallest absolute Gasteiger partial charge is 0.306 e. The van der Waals surface area contributed by atoms with Crippen LogP contribution in [0.15, 0.2) is 12.2 Å². The topological polar surface area (TPSA) is 111 Å². The average Bonchev–Trinajstić information content (AvgIpc) is 3.13. The van der Waals surface area contributed by atoms with Gasteiger partial charge in [0.1, 0.15) is 19.8 Å². The zero-order chi connectivity index (χ0) is 40.7. The lowest BCUT2D eigenvalue weighted by molar-refractivity contribution is -0.870. The van der Waals surface area contributed by atoms with Gasteiger partial charge < -0.3 is 27.9 Å². The van der Waals surface area contributed by atoms with E-state index in [1.807, 2.05) is 21.1 Å². The Kier molecular flexibility index (Phi) is 37.4. The van der Waals surface area contributed by atoms with Gasteiger partial charge in [0.25, 0.3) is 7.82 Å². The number of nitrogens with zero attached hydrogens (tertiary/aromatic N) is 1. The predicted octanol–water partition coefficient (Wildman–Crippen LogP) is 12.3. The number of hydrogen-bond donors (Lipinski definition) is 0. The van der Waals surface area contributed by atoms with Crippen LogP contribution in [0.4, 0.5) is 0 Å². The van der Waals surface area contributed by atoms with Crippen LogP contribution in [0.2, 0.25) is 0 Å². The normalized spacial score (nSPS) is 13.6. The van der Waals surface area contributed by atoms with E-state index in [9.17, 15) is 19.0 Å². The Morgan fingerprint density at radius 3 is 1.36 bits per heavy atom. The Morgan fingerprint density at radius 1 is 0.545 bits per heavy atom. The van der Waals surface area contributed by atoms with Crippen molar-refractivity contribution in [3.05, 3.63) is 12.2 Å². The second-order valence-electron chi connectivity index (χ2n) is 16.8. The second-order valence-corrected chi connectivity index (χ2v) is 18.2. The molecule has 0 amide bonds. The maximum Gasteiger partial charge on any atom is 0.306 e. The summed E-state index contributed by atoms with van der Waals surface area (Å²) in [6.07, 6.45) is 39.4. The molecule has 0 aliphatic rings. The van der Waals surface area contributed by atoms with Crippen molar-refractivity contribution in [2.45, 2.75) is 219 Å². The number of allylic oxidation sites excluding steroid dienone is 2. The third-order valence-electron chi connectivity index (χ3n) is 10.0. The van der Waals surface area contributed by atoms with E-state index in [1.165, 1.54) is 135 Å². The molecule has 0 aliphatic carbocycles. The monoisotopic (exact) mass is 802 g/mol. The highest BCUT2D eigenvalue weighted by Gasteiger charge is 2.21. The number of carbonyl (C=O) groups is 2. The molecule has 2 atom stereocenters. The highest BCUT2D eigenvalue weighted by atomic mass is 31.2. The zero-order valence-electron chi connectivity index (χ0n) is 36.6. The van der Waals surface area contributed by atoms with E-state index in [4.69, 9.17) is 18.5 Å². The molecule has 55 heavy (non-hydrogen) atoms. The minimum absolute atomic E-state index is 0.0282. The minimum Gasteiger partial charge on any atom is -0.756 e. The van der Waals surface area contributed by atoms with Gasteiger partial charge in [-0.1, -0.05) is 174 Å². The Morgan fingerprint density at radius 2 is 0.927 bits per heavy atom. The van der Waals surface area contributed by atoms with E-state index < -0.39 is 26.5 Å². The predicted molar refractivity (Wildman–Crippen MR) is 227 cm³/mol. The fourth-order valence-electron chi connectivity index (χ4n) is 6.41. The zero-order valence-corrected chi connectivity index (χ0v) is 37.5. The lowest BCUT2D eigenvalue weighted by atomic mass is 10.0. The summed E-state index contributed by atoms with van der Waals surface area (Å²) in [5.41, 5.74) is 0. The second kappa shape index (κ2) is 38.3. The summed E-state index contributed by atoms with van der Waals surface area (Å²) in [7, 11) is 1.17. The van der Waals surface area contributed by atoms with Gasteiger partial charge in [0, 0.05) is 12.8 Å². The van der Waals surface area contributed by atoms with Gasteiger partial charge >= 0.3 is 11.9 Å². The number of phosphoric acid groups is 1. The van der Waals surface area contributed by atoms with Gasteiger partial charge in [0.15, 0.2) is 6.10 Å². The highest BCUT2D eigenvalue weighted by molar-refractivity contribution is 7.45. The summed E-state index contributed by atoms with van der Waals surface area (Å²) in [5.74, 6) is -0.829. The van der Waals surface area contributed by atoms with Crippen molar-refractivity contribution in [2.75, 3.05) is 47.5 Å². The molecule has 0 aromatic carbocycles. The third kappa shape index (κ3) is 42.2. The molecule has 0 spiro atoms. The molecule has 10 heteroatoms. The first-order chi connectivity index (χ1) is 26.5. The van der Waals surface area contributed by atoms with Crippen molar-refractivity contribution in [1.82, 2.24) is 0 Å². The van der Waals surface area contributed by atoms with E-state index in [0.29, 0.717) is 17.4 Å². The Bertz CT molecular complexity index is 954. The molecule has 0 fully saturated rings. The van der Waals surface area contributed by atoms with Crippen LogP contribution < -0.4 is 4.89 Å². The number of ether oxygens (including phenoxy) is 2. The number of likely N-dealkylation sites (N-methyl/N-ethyl adjacent to an activating group) is 1. The lowest BCUT2D eigenvalue weighted by Gasteiger charge is -2.28. The Balaban J connectivity index is 4.31. The van der Waals surface area contributed by atoms with Gasteiger partial charge in [-0.15, -0.1) is 0 Å². The van der Waals surface area contributed by atoms with Gasteiger partial charge in [-0.3, -0.25) is 14.2 Å². The molecule has 0 bridgehead atoms. The number of phosphoric ester groups is 1. The standard InChI is InChI=1S/C45H88NO8P/c1-6-8-10-12-14-16-18-20-22-24-26-28-30-32-34-36-38-45(48)54-43(42-53-55(49,50)52-40-39-46(3,4)5)41-51-44(47)37-35-33-31-29-27-25-23-21-19-17-15-13-11-9-7-2/h17,19,43H,6-16,18,20-42H2,1-5H3/b19-17+/t43-/m1/s1. The van der Waals surface area contributed by atoms with Crippen molar-refractivity contribution in [3.8, 4) is 0 Å². The third-order valence-corrected chi connectivity index (χ3v) is 11.0. The average molecular weight is 802 g/mol. The molecule has 0 aromatic rings. The molecule has 0 aromatic heterocycles. The first-order valence-electron chi connectivity index (χ1n) is 22.9. The van der Waals surface area contributed by atoms with Gasteiger partial charge in [-0.25, -0.2) is 0 Å². The van der Waals surface area contributed by atoms with Gasteiger partial charge in [0.05, 0.1) is 27.7 Å². The van der Waals surface area contributed by atoms with E-state index in [0.717, 1.165) is 44.9 Å². The molecule has 9 nitrogen and oxygen atoms in total. The van der Waals surface area contributed by atoms with E-state index in [-0.39, 0.29) is 32.0 Å². The van der Waals surface area contributed by atoms with Crippen LogP contribution >= 0.6 is 7.82 Å². The van der Waals surface area contributed by atoms with Crippen LogP contribution in [0.3, 0.4) is 0 Å². The molecule has 0 rings (SSSR count). The lowest BCUT2D eigenvalue weighted by Crippen LogP contribution is -2.37.